The van der Waals surface area contributed by atoms with E-state index < -0.39 is 0 Å². The molecule has 0 aliphatic carbocycles. The average molecular weight is 290 g/mol. The van der Waals surface area contributed by atoms with E-state index >= 15 is 0 Å². The number of aromatic amines is 1. The number of ether oxygens (including phenoxy) is 2. The minimum Gasteiger partial charge on any atom is -0.497 e. The van der Waals surface area contributed by atoms with Gasteiger partial charge in [-0.2, -0.15) is 5.10 Å². The van der Waals surface area contributed by atoms with Crippen LogP contribution in [0.25, 0.3) is 0 Å². The Kier molecular flexibility index (Phi) is 4.65. The van der Waals surface area contributed by atoms with Crippen molar-refractivity contribution in [3.63, 3.8) is 0 Å². The van der Waals surface area contributed by atoms with Gasteiger partial charge in [0.1, 0.15) is 23.8 Å². The Balaban J connectivity index is 1.82. The van der Waals surface area contributed by atoms with Crippen LogP contribution in [-0.2, 0) is 0 Å². The SMILES string of the molecule is COc1ccc(OCCN(C)C(=O)c2[nH]ncc2N)cc1. The predicted octanol–water partition coefficient (Wildman–Crippen LogP) is 1.15. The van der Waals surface area contributed by atoms with Crippen molar-refractivity contribution in [1.82, 2.24) is 15.1 Å². The third-order valence-corrected chi connectivity index (χ3v) is 2.98. The van der Waals surface area contributed by atoms with Crippen LogP contribution in [0.4, 0.5) is 5.69 Å². The summed E-state index contributed by atoms with van der Waals surface area (Å²) < 4.78 is 10.6. The lowest BCUT2D eigenvalue weighted by Gasteiger charge is -2.17. The summed E-state index contributed by atoms with van der Waals surface area (Å²) in [7, 11) is 3.29. The third kappa shape index (κ3) is 3.65. The fraction of sp³-hybridized carbons (Fsp3) is 0.286. The molecule has 0 saturated heterocycles. The highest BCUT2D eigenvalue weighted by Gasteiger charge is 2.16. The van der Waals surface area contributed by atoms with Crippen LogP contribution in [-0.4, -0.2) is 48.3 Å². The maximum absolute atomic E-state index is 12.1. The van der Waals surface area contributed by atoms with Crippen LogP contribution in [0.15, 0.2) is 30.5 Å². The summed E-state index contributed by atoms with van der Waals surface area (Å²) in [5.74, 6) is 1.27. The maximum Gasteiger partial charge on any atom is 0.273 e. The molecular formula is C14H18N4O3. The highest BCUT2D eigenvalue weighted by molar-refractivity contribution is 5.96. The highest BCUT2D eigenvalue weighted by atomic mass is 16.5. The standard InChI is InChI=1S/C14H18N4O3/c1-18(14(19)13-12(15)9-16-17-13)7-8-21-11-5-3-10(20-2)4-6-11/h3-6,9H,7-8,15H2,1-2H3,(H,16,17). The van der Waals surface area contributed by atoms with Crippen molar-refractivity contribution < 1.29 is 14.3 Å². The van der Waals surface area contributed by atoms with Gasteiger partial charge in [0, 0.05) is 7.05 Å². The van der Waals surface area contributed by atoms with Crippen molar-refractivity contribution in [2.75, 3.05) is 33.0 Å². The molecule has 1 aromatic heterocycles. The van der Waals surface area contributed by atoms with Gasteiger partial charge in [-0.05, 0) is 24.3 Å². The van der Waals surface area contributed by atoms with Crippen molar-refractivity contribution in [2.24, 2.45) is 0 Å². The Bertz CT molecular complexity index is 595. The van der Waals surface area contributed by atoms with Crippen molar-refractivity contribution >= 4 is 11.6 Å². The van der Waals surface area contributed by atoms with Crippen LogP contribution >= 0.6 is 0 Å². The number of anilines is 1. The molecule has 0 aliphatic heterocycles. The van der Waals surface area contributed by atoms with Crippen LogP contribution in [0.3, 0.4) is 0 Å². The van der Waals surface area contributed by atoms with E-state index in [0.717, 1.165) is 11.5 Å². The quantitative estimate of drug-likeness (QED) is 0.832. The number of nitrogens with one attached hydrogen (secondary N) is 1. The number of likely N-dealkylation sites (N-methyl/N-ethyl adjacent to an activating group) is 1. The van der Waals surface area contributed by atoms with Crippen molar-refractivity contribution in [1.29, 1.82) is 0 Å². The number of carbonyl (C=O) groups excluding carboxylic acids is 1. The molecule has 2 rings (SSSR count). The Labute approximate surface area is 122 Å². The summed E-state index contributed by atoms with van der Waals surface area (Å²) >= 11 is 0. The van der Waals surface area contributed by atoms with Crippen LogP contribution in [0.1, 0.15) is 10.5 Å². The van der Waals surface area contributed by atoms with Gasteiger partial charge < -0.3 is 20.1 Å². The van der Waals surface area contributed by atoms with Gasteiger partial charge in [0.15, 0.2) is 0 Å². The molecule has 0 spiro atoms. The molecule has 21 heavy (non-hydrogen) atoms. The number of benzene rings is 1. The van der Waals surface area contributed by atoms with Gasteiger partial charge >= 0.3 is 0 Å². The van der Waals surface area contributed by atoms with E-state index in [9.17, 15) is 4.79 Å². The molecule has 1 aromatic carbocycles. The largest absolute Gasteiger partial charge is 0.497 e. The Morgan fingerprint density at radius 3 is 2.57 bits per heavy atom. The van der Waals surface area contributed by atoms with Crippen molar-refractivity contribution in [3.05, 3.63) is 36.2 Å². The van der Waals surface area contributed by atoms with E-state index in [2.05, 4.69) is 10.2 Å². The van der Waals surface area contributed by atoms with Gasteiger partial charge in [-0.15, -0.1) is 0 Å². The predicted molar refractivity (Wildman–Crippen MR) is 78.4 cm³/mol. The van der Waals surface area contributed by atoms with E-state index in [1.54, 1.807) is 14.2 Å². The average Bonchev–Trinajstić information content (AvgIpc) is 2.93. The normalized spacial score (nSPS) is 10.2. The maximum atomic E-state index is 12.1. The van der Waals surface area contributed by atoms with Gasteiger partial charge in [0.2, 0.25) is 0 Å². The number of nitrogens with zero attached hydrogens (tertiary/aromatic N) is 2. The van der Waals surface area contributed by atoms with Crippen LogP contribution in [0, 0.1) is 0 Å². The minimum atomic E-state index is -0.219. The fourth-order valence-electron chi connectivity index (χ4n) is 1.73. The number of hydrogen-bond acceptors (Lipinski definition) is 5. The Hall–Kier alpha value is -2.70. The molecule has 0 radical (unpaired) electrons. The smallest absolute Gasteiger partial charge is 0.273 e. The lowest BCUT2D eigenvalue weighted by molar-refractivity contribution is 0.0769. The number of aromatic nitrogens is 2. The number of methoxy groups -OCH3 is 1. The van der Waals surface area contributed by atoms with Gasteiger partial charge in [-0.25, -0.2) is 0 Å². The van der Waals surface area contributed by atoms with Crippen LogP contribution in [0.5, 0.6) is 11.5 Å². The first-order valence-corrected chi connectivity index (χ1v) is 6.43. The summed E-state index contributed by atoms with van der Waals surface area (Å²) in [6, 6.07) is 7.26. The van der Waals surface area contributed by atoms with Gasteiger partial charge in [0.05, 0.1) is 25.5 Å². The molecule has 7 heteroatoms. The molecule has 3 N–H and O–H groups in total. The summed E-state index contributed by atoms with van der Waals surface area (Å²) in [5.41, 5.74) is 6.27. The molecule has 0 atom stereocenters. The third-order valence-electron chi connectivity index (χ3n) is 2.98. The molecular weight excluding hydrogens is 272 g/mol. The van der Waals surface area contributed by atoms with E-state index in [1.807, 2.05) is 24.3 Å². The van der Waals surface area contributed by atoms with Crippen LogP contribution in [0.2, 0.25) is 0 Å². The molecule has 0 saturated carbocycles. The second-order valence-electron chi connectivity index (χ2n) is 4.45. The molecule has 112 valence electrons. The lowest BCUT2D eigenvalue weighted by Crippen LogP contribution is -2.31. The van der Waals surface area contributed by atoms with Gasteiger partial charge in [-0.3, -0.25) is 9.89 Å². The number of H-pyrrole nitrogens is 1. The van der Waals surface area contributed by atoms with E-state index in [0.29, 0.717) is 24.5 Å². The number of carbonyl (C=O) groups is 1. The fourth-order valence-corrected chi connectivity index (χ4v) is 1.73. The Morgan fingerprint density at radius 1 is 1.33 bits per heavy atom. The second kappa shape index (κ2) is 6.65. The molecule has 7 nitrogen and oxygen atoms in total. The molecule has 0 aliphatic rings. The number of hydrogen-bond donors (Lipinski definition) is 2. The van der Waals surface area contributed by atoms with E-state index in [4.69, 9.17) is 15.2 Å². The summed E-state index contributed by atoms with van der Waals surface area (Å²) in [6.45, 7) is 0.811. The number of amides is 1. The first kappa shape index (κ1) is 14.7. The first-order chi connectivity index (χ1) is 10.1. The zero-order chi connectivity index (χ0) is 15.2. The summed E-state index contributed by atoms with van der Waals surface area (Å²) in [4.78, 5) is 13.6. The molecule has 0 bridgehead atoms. The van der Waals surface area contributed by atoms with Gasteiger partial charge in [-0.1, -0.05) is 0 Å². The van der Waals surface area contributed by atoms with Crippen molar-refractivity contribution in [2.45, 2.75) is 0 Å². The first-order valence-electron chi connectivity index (χ1n) is 6.43. The number of nitrogens with two attached hydrogens (primary N) is 1. The monoisotopic (exact) mass is 290 g/mol. The highest BCUT2D eigenvalue weighted by Crippen LogP contribution is 2.17. The number of nitrogen functional groups attached to an aromatic ring is 1. The minimum absolute atomic E-state index is 0.219. The lowest BCUT2D eigenvalue weighted by atomic mass is 10.3. The van der Waals surface area contributed by atoms with E-state index in [1.165, 1.54) is 11.1 Å². The van der Waals surface area contributed by atoms with Crippen LogP contribution < -0.4 is 15.2 Å². The Morgan fingerprint density at radius 2 is 2.00 bits per heavy atom. The molecule has 2 aromatic rings. The summed E-state index contributed by atoms with van der Waals surface area (Å²) in [5, 5.41) is 6.31. The zero-order valence-electron chi connectivity index (χ0n) is 12.0. The molecule has 1 heterocycles. The molecule has 1 amide bonds. The summed E-state index contributed by atoms with van der Waals surface area (Å²) in [6.07, 6.45) is 1.41. The van der Waals surface area contributed by atoms with Gasteiger partial charge in [0.25, 0.3) is 5.91 Å². The van der Waals surface area contributed by atoms with Crippen molar-refractivity contribution in [3.8, 4) is 11.5 Å². The second-order valence-corrected chi connectivity index (χ2v) is 4.45. The molecule has 0 unspecified atom stereocenters. The topological polar surface area (TPSA) is 93.5 Å². The number of rotatable bonds is 6. The molecule has 0 fully saturated rings. The van der Waals surface area contributed by atoms with E-state index in [-0.39, 0.29) is 5.91 Å². The zero-order valence-corrected chi connectivity index (χ0v) is 12.0.